The van der Waals surface area contributed by atoms with Crippen molar-refractivity contribution in [1.82, 2.24) is 10.6 Å². The summed E-state index contributed by atoms with van der Waals surface area (Å²) in [7, 11) is 0. The molecule has 2 nitrogen and oxygen atoms in total. The average molecular weight is 208 g/mol. The van der Waals surface area contributed by atoms with Gasteiger partial charge in [-0.3, -0.25) is 0 Å². The van der Waals surface area contributed by atoms with E-state index in [0.717, 1.165) is 25.6 Å². The second-order valence-corrected chi connectivity index (χ2v) is 5.58. The van der Waals surface area contributed by atoms with Gasteiger partial charge in [-0.2, -0.15) is 0 Å². The number of hydrogen-bond acceptors (Lipinski definition) is 2. The average Bonchev–Trinajstić information content (AvgIpc) is 2.52. The highest BCUT2D eigenvalue weighted by Crippen LogP contribution is 2.67. The Balaban J connectivity index is 2.06. The Hall–Kier alpha value is -0.520. The van der Waals surface area contributed by atoms with E-state index in [4.69, 9.17) is 6.42 Å². The van der Waals surface area contributed by atoms with Gasteiger partial charge in [0.15, 0.2) is 0 Å². The van der Waals surface area contributed by atoms with Crippen molar-refractivity contribution < 1.29 is 0 Å². The molecular weight excluding hydrogens is 184 g/mol. The van der Waals surface area contributed by atoms with Crippen LogP contribution in [0.5, 0.6) is 0 Å². The van der Waals surface area contributed by atoms with Gasteiger partial charge in [0, 0.05) is 13.1 Å². The summed E-state index contributed by atoms with van der Waals surface area (Å²) in [5.74, 6) is 3.37. The lowest BCUT2D eigenvalue weighted by Crippen LogP contribution is -2.29. The third-order valence-corrected chi connectivity index (χ3v) is 4.37. The highest BCUT2D eigenvalue weighted by molar-refractivity contribution is 5.12. The summed E-state index contributed by atoms with van der Waals surface area (Å²) in [4.78, 5) is 0. The molecule has 86 valence electrons. The molecule has 1 saturated carbocycles. The minimum Gasteiger partial charge on any atom is -0.315 e. The lowest BCUT2D eigenvalue weighted by atomic mass is 10.0. The van der Waals surface area contributed by atoms with E-state index in [2.05, 4.69) is 44.2 Å². The van der Waals surface area contributed by atoms with Crippen molar-refractivity contribution in [2.75, 3.05) is 26.2 Å². The molecule has 0 heterocycles. The summed E-state index contributed by atoms with van der Waals surface area (Å²) in [5, 5.41) is 6.66. The summed E-state index contributed by atoms with van der Waals surface area (Å²) in [6.07, 6.45) is 5.14. The Morgan fingerprint density at radius 1 is 1.07 bits per heavy atom. The number of rotatable bonds is 6. The fraction of sp³-hybridized carbons (Fsp3) is 0.846. The van der Waals surface area contributed by atoms with Gasteiger partial charge in [-0.05, 0) is 23.3 Å². The van der Waals surface area contributed by atoms with Crippen LogP contribution in [-0.4, -0.2) is 26.2 Å². The van der Waals surface area contributed by atoms with E-state index in [1.807, 2.05) is 0 Å². The molecule has 2 heteroatoms. The molecule has 0 bridgehead atoms. The Labute approximate surface area is 94.2 Å². The molecule has 1 aliphatic carbocycles. The Morgan fingerprint density at radius 2 is 1.60 bits per heavy atom. The molecule has 0 radical (unpaired) electrons. The van der Waals surface area contributed by atoms with Crippen LogP contribution >= 0.6 is 0 Å². The van der Waals surface area contributed by atoms with Gasteiger partial charge in [0.1, 0.15) is 0 Å². The molecule has 0 saturated heterocycles. The maximum absolute atomic E-state index is 5.14. The van der Waals surface area contributed by atoms with E-state index in [1.54, 1.807) is 0 Å². The molecule has 0 unspecified atom stereocenters. The van der Waals surface area contributed by atoms with E-state index in [-0.39, 0.29) is 0 Å². The molecule has 0 atom stereocenters. The molecule has 0 aromatic heterocycles. The molecule has 0 spiro atoms. The molecule has 2 N–H and O–H groups in total. The lowest BCUT2D eigenvalue weighted by Gasteiger charge is -2.05. The first kappa shape index (κ1) is 12.5. The van der Waals surface area contributed by atoms with Crippen molar-refractivity contribution >= 4 is 0 Å². The van der Waals surface area contributed by atoms with Gasteiger partial charge in [0.25, 0.3) is 0 Å². The maximum Gasteiger partial charge on any atom is 0.0574 e. The van der Waals surface area contributed by atoms with Crippen molar-refractivity contribution in [1.29, 1.82) is 0 Å². The molecule has 0 aliphatic heterocycles. The second kappa shape index (κ2) is 4.55. The fourth-order valence-electron chi connectivity index (χ4n) is 2.43. The van der Waals surface area contributed by atoms with Gasteiger partial charge in [-0.15, -0.1) is 6.42 Å². The standard InChI is InChI=1S/C13H24N2/c1-6-7-14-8-9-15-10-11-12(2,3)13(11,4)5/h1,11,14-15H,7-10H2,2-5H3. The largest absolute Gasteiger partial charge is 0.315 e. The second-order valence-electron chi connectivity index (χ2n) is 5.58. The van der Waals surface area contributed by atoms with E-state index in [1.165, 1.54) is 0 Å². The summed E-state index contributed by atoms with van der Waals surface area (Å²) < 4.78 is 0. The highest BCUT2D eigenvalue weighted by Gasteiger charge is 2.63. The molecule has 0 aromatic rings. The predicted octanol–water partition coefficient (Wildman–Crippen LogP) is 1.48. The lowest BCUT2D eigenvalue weighted by molar-refractivity contribution is 0.457. The summed E-state index contributed by atoms with van der Waals surface area (Å²) in [6.45, 7) is 13.2. The first-order valence-corrected chi connectivity index (χ1v) is 5.79. The summed E-state index contributed by atoms with van der Waals surface area (Å²) in [5.41, 5.74) is 0.985. The van der Waals surface area contributed by atoms with Crippen LogP contribution in [0.2, 0.25) is 0 Å². The van der Waals surface area contributed by atoms with Gasteiger partial charge in [-0.25, -0.2) is 0 Å². The first-order chi connectivity index (χ1) is 6.94. The predicted molar refractivity (Wildman–Crippen MR) is 65.6 cm³/mol. The van der Waals surface area contributed by atoms with Crippen LogP contribution in [-0.2, 0) is 0 Å². The topological polar surface area (TPSA) is 24.1 Å². The van der Waals surface area contributed by atoms with E-state index in [9.17, 15) is 0 Å². The van der Waals surface area contributed by atoms with Gasteiger partial charge >= 0.3 is 0 Å². The number of terminal acetylenes is 1. The van der Waals surface area contributed by atoms with Gasteiger partial charge in [0.2, 0.25) is 0 Å². The van der Waals surface area contributed by atoms with Crippen LogP contribution < -0.4 is 10.6 Å². The molecule has 1 fully saturated rings. The maximum atomic E-state index is 5.14. The summed E-state index contributed by atoms with van der Waals surface area (Å²) >= 11 is 0. The minimum atomic E-state index is 0.492. The quantitative estimate of drug-likeness (QED) is 0.510. The van der Waals surface area contributed by atoms with E-state index in [0.29, 0.717) is 17.4 Å². The molecule has 1 rings (SSSR count). The smallest absolute Gasteiger partial charge is 0.0574 e. The van der Waals surface area contributed by atoms with Crippen molar-refractivity contribution in [2.45, 2.75) is 27.7 Å². The monoisotopic (exact) mass is 208 g/mol. The minimum absolute atomic E-state index is 0.492. The fourth-order valence-corrected chi connectivity index (χ4v) is 2.43. The zero-order valence-electron chi connectivity index (χ0n) is 10.5. The molecule has 0 aromatic carbocycles. The van der Waals surface area contributed by atoms with Crippen molar-refractivity contribution in [3.05, 3.63) is 0 Å². The van der Waals surface area contributed by atoms with Crippen molar-refractivity contribution in [3.63, 3.8) is 0 Å². The van der Waals surface area contributed by atoms with Crippen LogP contribution in [0.4, 0.5) is 0 Å². The van der Waals surface area contributed by atoms with Crippen LogP contribution in [0.25, 0.3) is 0 Å². The van der Waals surface area contributed by atoms with Gasteiger partial charge in [0.05, 0.1) is 6.54 Å². The Bertz CT molecular complexity index is 234. The van der Waals surface area contributed by atoms with Crippen molar-refractivity contribution in [3.8, 4) is 12.3 Å². The van der Waals surface area contributed by atoms with Crippen molar-refractivity contribution in [2.24, 2.45) is 16.7 Å². The van der Waals surface area contributed by atoms with Gasteiger partial charge in [-0.1, -0.05) is 33.6 Å². The van der Waals surface area contributed by atoms with Crippen LogP contribution in [0.3, 0.4) is 0 Å². The number of hydrogen-bond donors (Lipinski definition) is 2. The van der Waals surface area contributed by atoms with Crippen LogP contribution in [0.15, 0.2) is 0 Å². The molecule has 0 amide bonds. The zero-order chi connectivity index (χ0) is 11.5. The van der Waals surface area contributed by atoms with Crippen LogP contribution in [0.1, 0.15) is 27.7 Å². The van der Waals surface area contributed by atoms with Crippen LogP contribution in [0, 0.1) is 29.1 Å². The highest BCUT2D eigenvalue weighted by atomic mass is 15.0. The normalized spacial score (nSPS) is 22.3. The van der Waals surface area contributed by atoms with E-state index < -0.39 is 0 Å². The third kappa shape index (κ3) is 2.53. The molecule has 1 aliphatic rings. The Kier molecular flexibility index (Phi) is 3.81. The Morgan fingerprint density at radius 3 is 2.07 bits per heavy atom. The zero-order valence-corrected chi connectivity index (χ0v) is 10.5. The van der Waals surface area contributed by atoms with E-state index >= 15 is 0 Å². The first-order valence-electron chi connectivity index (χ1n) is 5.79. The van der Waals surface area contributed by atoms with Gasteiger partial charge < -0.3 is 10.6 Å². The molecular formula is C13H24N2. The molecule has 15 heavy (non-hydrogen) atoms. The SMILES string of the molecule is C#CCNCCNCC1C(C)(C)C1(C)C. The third-order valence-electron chi connectivity index (χ3n) is 4.37. The number of nitrogens with one attached hydrogen (secondary N) is 2. The summed E-state index contributed by atoms with van der Waals surface area (Å²) in [6, 6.07) is 0.